The molecule has 10 heteroatoms. The van der Waals surface area contributed by atoms with Crippen LogP contribution in [0.25, 0.3) is 5.69 Å². The van der Waals surface area contributed by atoms with E-state index in [4.69, 9.17) is 4.74 Å². The van der Waals surface area contributed by atoms with Crippen LogP contribution in [0.4, 0.5) is 5.82 Å². The van der Waals surface area contributed by atoms with Crippen LogP contribution in [0.5, 0.6) is 0 Å². The van der Waals surface area contributed by atoms with Gasteiger partial charge >= 0.3 is 11.8 Å². The van der Waals surface area contributed by atoms with E-state index in [2.05, 4.69) is 15.7 Å². The Bertz CT molecular complexity index is 969. The molecule has 0 unspecified atom stereocenters. The second kappa shape index (κ2) is 7.49. The molecule has 0 aliphatic carbocycles. The largest absolute Gasteiger partial charge is 0.383 e. The van der Waals surface area contributed by atoms with Gasteiger partial charge in [-0.05, 0) is 19.1 Å². The minimum absolute atomic E-state index is 0.191. The maximum absolute atomic E-state index is 12.3. The number of hydrogen-bond acceptors (Lipinski definition) is 6. The van der Waals surface area contributed by atoms with Crippen LogP contribution in [0.3, 0.4) is 0 Å². The predicted octanol–water partition coefficient (Wildman–Crippen LogP) is 0.390. The van der Waals surface area contributed by atoms with Crippen LogP contribution in [0, 0.1) is 0 Å². The van der Waals surface area contributed by atoms with Gasteiger partial charge in [-0.3, -0.25) is 9.59 Å². The quantitative estimate of drug-likeness (QED) is 0.711. The fourth-order valence-electron chi connectivity index (χ4n) is 2.87. The molecule has 27 heavy (non-hydrogen) atoms. The van der Waals surface area contributed by atoms with Crippen LogP contribution in [-0.4, -0.2) is 49.8 Å². The number of hydrogen-bond donors (Lipinski definition) is 2. The van der Waals surface area contributed by atoms with Gasteiger partial charge in [0.05, 0.1) is 29.5 Å². The Morgan fingerprint density at radius 1 is 1.22 bits per heavy atom. The molecule has 0 fully saturated rings. The molecule has 144 valence electrons. The number of methoxy groups -OCH3 is 1. The minimum Gasteiger partial charge on any atom is -0.383 e. The molecule has 3 rings (SSSR count). The summed E-state index contributed by atoms with van der Waals surface area (Å²) in [7, 11) is -1.82. The van der Waals surface area contributed by atoms with Crippen molar-refractivity contribution in [2.45, 2.75) is 24.5 Å². The zero-order valence-electron chi connectivity index (χ0n) is 14.9. The van der Waals surface area contributed by atoms with Crippen molar-refractivity contribution in [3.05, 3.63) is 41.6 Å². The van der Waals surface area contributed by atoms with E-state index in [9.17, 15) is 18.0 Å². The summed E-state index contributed by atoms with van der Waals surface area (Å²) in [5.41, 5.74) is 1.43. The lowest BCUT2D eigenvalue weighted by atomic mass is 10.2. The van der Waals surface area contributed by atoms with Crippen LogP contribution >= 0.6 is 0 Å². The van der Waals surface area contributed by atoms with E-state index in [1.54, 1.807) is 31.2 Å². The van der Waals surface area contributed by atoms with Crippen LogP contribution in [0.15, 0.2) is 30.3 Å². The first-order chi connectivity index (χ1) is 12.8. The fourth-order valence-corrected chi connectivity index (χ4v) is 4.37. The zero-order valence-corrected chi connectivity index (χ0v) is 15.7. The highest BCUT2D eigenvalue weighted by Crippen LogP contribution is 2.32. The number of benzene rings is 1. The highest BCUT2D eigenvalue weighted by Gasteiger charge is 2.33. The summed E-state index contributed by atoms with van der Waals surface area (Å²) in [6.45, 7) is 1.96. The van der Waals surface area contributed by atoms with E-state index in [-0.39, 0.29) is 30.0 Å². The van der Waals surface area contributed by atoms with Crippen molar-refractivity contribution in [2.75, 3.05) is 19.0 Å². The molecule has 2 amide bonds. The fraction of sp³-hybridized carbons (Fsp3) is 0.353. The lowest BCUT2D eigenvalue weighted by molar-refractivity contribution is -0.136. The number of carbonyl (C=O) groups excluding carboxylic acids is 2. The average Bonchev–Trinajstić information content (AvgIpc) is 3.08. The zero-order chi connectivity index (χ0) is 19.6. The number of anilines is 1. The standard InChI is InChI=1S/C17H20N4O5S/c1-11(8-26-2)18-16(22)17(23)19-15-13-9-27(24,25)10-14(13)20-21(15)12-6-4-3-5-7-12/h3-7,11H,8-10H2,1-2H3,(H,18,22)(H,19,23)/t11-/m0/s1. The van der Waals surface area contributed by atoms with Crippen molar-refractivity contribution >= 4 is 27.5 Å². The molecule has 0 bridgehead atoms. The van der Waals surface area contributed by atoms with Gasteiger partial charge in [0, 0.05) is 18.7 Å². The van der Waals surface area contributed by atoms with Gasteiger partial charge in [-0.15, -0.1) is 0 Å². The first kappa shape index (κ1) is 19.1. The van der Waals surface area contributed by atoms with E-state index in [0.29, 0.717) is 16.9 Å². The van der Waals surface area contributed by atoms with Crippen molar-refractivity contribution < 1.29 is 22.7 Å². The van der Waals surface area contributed by atoms with Crippen molar-refractivity contribution in [2.24, 2.45) is 0 Å². The second-order valence-electron chi connectivity index (χ2n) is 6.34. The molecular weight excluding hydrogens is 372 g/mol. The summed E-state index contributed by atoms with van der Waals surface area (Å²) in [5.74, 6) is -1.97. The molecule has 0 spiro atoms. The van der Waals surface area contributed by atoms with Gasteiger partial charge in [0.15, 0.2) is 9.84 Å². The highest BCUT2D eigenvalue weighted by atomic mass is 32.2. The summed E-state index contributed by atoms with van der Waals surface area (Å²) in [5, 5.41) is 9.36. The van der Waals surface area contributed by atoms with Gasteiger partial charge in [-0.2, -0.15) is 5.10 Å². The van der Waals surface area contributed by atoms with E-state index >= 15 is 0 Å². The molecule has 2 aromatic rings. The van der Waals surface area contributed by atoms with Gasteiger partial charge < -0.3 is 15.4 Å². The van der Waals surface area contributed by atoms with Crippen LogP contribution < -0.4 is 10.6 Å². The van der Waals surface area contributed by atoms with Crippen LogP contribution in [0.2, 0.25) is 0 Å². The molecule has 0 saturated carbocycles. The van der Waals surface area contributed by atoms with Crippen molar-refractivity contribution in [1.29, 1.82) is 0 Å². The van der Waals surface area contributed by atoms with E-state index < -0.39 is 21.7 Å². The maximum Gasteiger partial charge on any atom is 0.314 e. The first-order valence-corrected chi connectivity index (χ1v) is 10.1. The average molecular weight is 392 g/mol. The van der Waals surface area contributed by atoms with Gasteiger partial charge in [-0.1, -0.05) is 18.2 Å². The normalized spacial score (nSPS) is 15.8. The summed E-state index contributed by atoms with van der Waals surface area (Å²) in [6, 6.07) is 8.61. The Balaban J connectivity index is 1.90. The van der Waals surface area contributed by atoms with E-state index in [0.717, 1.165) is 0 Å². The molecule has 0 saturated heterocycles. The second-order valence-corrected chi connectivity index (χ2v) is 8.40. The third-order valence-corrected chi connectivity index (χ3v) is 5.46. The molecule has 2 N–H and O–H groups in total. The number of rotatable bonds is 5. The number of nitrogens with one attached hydrogen (secondary N) is 2. The lowest BCUT2D eigenvalue weighted by Gasteiger charge is -2.14. The number of aromatic nitrogens is 2. The topological polar surface area (TPSA) is 119 Å². The van der Waals surface area contributed by atoms with Gasteiger partial charge in [0.1, 0.15) is 5.82 Å². The Morgan fingerprint density at radius 3 is 2.59 bits per heavy atom. The molecule has 0 radical (unpaired) electrons. The number of amides is 2. The molecule has 1 aromatic carbocycles. The van der Waals surface area contributed by atoms with Gasteiger partial charge in [-0.25, -0.2) is 13.1 Å². The van der Waals surface area contributed by atoms with Crippen LogP contribution in [-0.2, 0) is 35.7 Å². The Hall–Kier alpha value is -2.72. The molecule has 1 aliphatic rings. The Labute approximate surface area is 156 Å². The van der Waals surface area contributed by atoms with E-state index in [1.807, 2.05) is 6.07 Å². The molecular formula is C17H20N4O5S. The van der Waals surface area contributed by atoms with Crippen LogP contribution in [0.1, 0.15) is 18.2 Å². The summed E-state index contributed by atoms with van der Waals surface area (Å²) >= 11 is 0. The third kappa shape index (κ3) is 4.17. The monoisotopic (exact) mass is 392 g/mol. The highest BCUT2D eigenvalue weighted by molar-refractivity contribution is 7.90. The summed E-state index contributed by atoms with van der Waals surface area (Å²) < 4.78 is 30.2. The summed E-state index contributed by atoms with van der Waals surface area (Å²) in [4.78, 5) is 24.4. The number of nitrogens with zero attached hydrogens (tertiary/aromatic N) is 2. The number of sulfone groups is 1. The minimum atomic E-state index is -3.31. The van der Waals surface area contributed by atoms with Crippen molar-refractivity contribution in [1.82, 2.24) is 15.1 Å². The molecule has 9 nitrogen and oxygen atoms in total. The molecule has 1 aliphatic heterocycles. The lowest BCUT2D eigenvalue weighted by Crippen LogP contribution is -2.42. The van der Waals surface area contributed by atoms with Crippen molar-refractivity contribution in [3.8, 4) is 5.69 Å². The predicted molar refractivity (Wildman–Crippen MR) is 98.0 cm³/mol. The number of fused-ring (bicyclic) bond motifs is 1. The van der Waals surface area contributed by atoms with Crippen molar-refractivity contribution in [3.63, 3.8) is 0 Å². The third-order valence-electron chi connectivity index (χ3n) is 4.02. The first-order valence-electron chi connectivity index (χ1n) is 8.28. The number of ether oxygens (including phenoxy) is 1. The SMILES string of the molecule is COC[C@H](C)NC(=O)C(=O)Nc1c2c(nn1-c1ccccc1)CS(=O)(=O)C2. The summed E-state index contributed by atoms with van der Waals surface area (Å²) in [6.07, 6.45) is 0. The van der Waals surface area contributed by atoms with Gasteiger partial charge in [0.2, 0.25) is 0 Å². The molecule has 2 heterocycles. The Kier molecular flexibility index (Phi) is 5.29. The Morgan fingerprint density at radius 2 is 1.93 bits per heavy atom. The van der Waals surface area contributed by atoms with Gasteiger partial charge in [0.25, 0.3) is 0 Å². The number of carbonyl (C=O) groups is 2. The maximum atomic E-state index is 12.3. The molecule has 1 aromatic heterocycles. The number of para-hydroxylation sites is 1. The molecule has 1 atom stereocenters. The van der Waals surface area contributed by atoms with E-state index in [1.165, 1.54) is 11.8 Å². The smallest absolute Gasteiger partial charge is 0.314 e.